The average molecular weight is 272 g/mol. The van der Waals surface area contributed by atoms with E-state index in [4.69, 9.17) is 0 Å². The minimum Gasteiger partial charge on any atom is -0.350 e. The number of nitrogens with one attached hydrogen (secondary N) is 2. The molecule has 2 heterocycles. The molecule has 0 radical (unpaired) electrons. The van der Waals surface area contributed by atoms with Crippen molar-refractivity contribution < 1.29 is 13.6 Å². The van der Waals surface area contributed by atoms with Crippen molar-refractivity contribution in [2.24, 2.45) is 5.92 Å². The highest BCUT2D eigenvalue weighted by Gasteiger charge is 2.20. The number of rotatable bonds is 3. The minimum atomic E-state index is -2.46. The topological polar surface area (TPSA) is 66.9 Å². The lowest BCUT2D eigenvalue weighted by atomic mass is 9.99. The first-order valence-electron chi connectivity index (χ1n) is 6.16. The Bertz CT molecular complexity index is 318. The van der Waals surface area contributed by atoms with E-state index in [1.807, 2.05) is 0 Å². The van der Waals surface area contributed by atoms with E-state index >= 15 is 0 Å². The summed E-state index contributed by atoms with van der Waals surface area (Å²) in [4.78, 5) is 18.6. The van der Waals surface area contributed by atoms with E-state index in [0.717, 1.165) is 19.4 Å². The molecule has 2 N–H and O–H groups in total. The van der Waals surface area contributed by atoms with Crippen molar-refractivity contribution in [3.8, 4) is 0 Å². The molecule has 19 heavy (non-hydrogen) atoms. The zero-order chi connectivity index (χ0) is 13.9. The number of alkyl halides is 2. The van der Waals surface area contributed by atoms with Gasteiger partial charge in [0.25, 0.3) is 6.43 Å². The Morgan fingerprint density at radius 1 is 1.42 bits per heavy atom. The van der Waals surface area contributed by atoms with Gasteiger partial charge in [0, 0.05) is 18.9 Å². The van der Waals surface area contributed by atoms with Gasteiger partial charge in [-0.15, -0.1) is 0 Å². The predicted octanol–water partition coefficient (Wildman–Crippen LogP) is 0.844. The number of halogens is 2. The predicted molar refractivity (Wildman–Crippen MR) is 66.6 cm³/mol. The lowest BCUT2D eigenvalue weighted by Crippen LogP contribution is -2.41. The Morgan fingerprint density at radius 2 is 2.16 bits per heavy atom. The van der Waals surface area contributed by atoms with Gasteiger partial charge in [0.05, 0.1) is 12.5 Å². The Kier molecular flexibility index (Phi) is 7.57. The van der Waals surface area contributed by atoms with Crippen LogP contribution in [0.2, 0.25) is 0 Å². The highest BCUT2D eigenvalue weighted by molar-refractivity contribution is 5.78. The van der Waals surface area contributed by atoms with Crippen LogP contribution in [0.25, 0.3) is 0 Å². The van der Waals surface area contributed by atoms with E-state index in [2.05, 4.69) is 20.6 Å². The number of aromatic nitrogens is 2. The molecular formula is C12H18F2N4O. The van der Waals surface area contributed by atoms with Crippen molar-refractivity contribution in [2.45, 2.75) is 19.3 Å². The van der Waals surface area contributed by atoms with E-state index in [1.54, 1.807) is 18.5 Å². The number of amides is 1. The molecule has 0 aliphatic carbocycles. The van der Waals surface area contributed by atoms with Crippen molar-refractivity contribution in [1.82, 2.24) is 20.6 Å². The number of hydrogen-bond donors (Lipinski definition) is 2. The Labute approximate surface area is 110 Å². The van der Waals surface area contributed by atoms with Crippen LogP contribution in [0.1, 0.15) is 12.8 Å². The SMILES string of the molecule is O=C(NCC(F)F)C1CCCNC1.c1cncnc1. The van der Waals surface area contributed by atoms with Gasteiger partial charge in [0.2, 0.25) is 5.91 Å². The van der Waals surface area contributed by atoms with Crippen molar-refractivity contribution in [3.63, 3.8) is 0 Å². The summed E-state index contributed by atoms with van der Waals surface area (Å²) >= 11 is 0. The third-order valence-electron chi connectivity index (χ3n) is 2.58. The molecule has 1 atom stereocenters. The van der Waals surface area contributed by atoms with Gasteiger partial charge in [-0.3, -0.25) is 4.79 Å². The Balaban J connectivity index is 0.000000250. The second kappa shape index (κ2) is 9.32. The number of carbonyl (C=O) groups excluding carboxylic acids is 1. The molecule has 1 aromatic rings. The number of carbonyl (C=O) groups is 1. The van der Waals surface area contributed by atoms with Crippen LogP contribution in [-0.2, 0) is 4.79 Å². The average Bonchev–Trinajstić information content (AvgIpc) is 2.48. The summed E-state index contributed by atoms with van der Waals surface area (Å²) in [6.45, 7) is 0.989. The van der Waals surface area contributed by atoms with Crippen molar-refractivity contribution in [3.05, 3.63) is 24.8 Å². The maximum Gasteiger partial charge on any atom is 0.255 e. The summed E-state index contributed by atoms with van der Waals surface area (Å²) in [6, 6.07) is 1.78. The van der Waals surface area contributed by atoms with E-state index in [1.165, 1.54) is 6.33 Å². The fraction of sp³-hybridized carbons (Fsp3) is 0.583. The molecule has 1 unspecified atom stereocenters. The number of nitrogens with zero attached hydrogens (tertiary/aromatic N) is 2. The molecule has 0 spiro atoms. The molecule has 0 saturated carbocycles. The molecule has 0 bridgehead atoms. The monoisotopic (exact) mass is 272 g/mol. The first kappa shape index (κ1) is 15.4. The second-order valence-electron chi connectivity index (χ2n) is 4.08. The van der Waals surface area contributed by atoms with Crippen molar-refractivity contribution in [1.29, 1.82) is 0 Å². The standard InChI is InChI=1S/C8H14F2N2O.C4H4N2/c9-7(10)5-12-8(13)6-2-1-3-11-4-6;1-2-5-4-6-3-1/h6-7,11H,1-5H2,(H,12,13);1-4H. The van der Waals surface area contributed by atoms with Gasteiger partial charge in [-0.2, -0.15) is 0 Å². The van der Waals surface area contributed by atoms with E-state index < -0.39 is 13.0 Å². The highest BCUT2D eigenvalue weighted by atomic mass is 19.3. The molecule has 1 aliphatic rings. The van der Waals surface area contributed by atoms with Crippen LogP contribution in [0.5, 0.6) is 0 Å². The van der Waals surface area contributed by atoms with Crippen LogP contribution in [0.15, 0.2) is 24.8 Å². The van der Waals surface area contributed by atoms with Crippen molar-refractivity contribution >= 4 is 5.91 Å². The van der Waals surface area contributed by atoms with Crippen molar-refractivity contribution in [2.75, 3.05) is 19.6 Å². The fourth-order valence-electron chi connectivity index (χ4n) is 1.65. The van der Waals surface area contributed by atoms with Gasteiger partial charge in [-0.25, -0.2) is 18.7 Å². The maximum absolute atomic E-state index is 11.7. The third kappa shape index (κ3) is 7.40. The molecule has 1 saturated heterocycles. The molecule has 1 aromatic heterocycles. The molecular weight excluding hydrogens is 254 g/mol. The Morgan fingerprint density at radius 3 is 2.58 bits per heavy atom. The lowest BCUT2D eigenvalue weighted by molar-refractivity contribution is -0.126. The molecule has 2 rings (SSSR count). The summed E-state index contributed by atoms with van der Waals surface area (Å²) in [7, 11) is 0. The molecule has 1 amide bonds. The fourth-order valence-corrected chi connectivity index (χ4v) is 1.65. The van der Waals surface area contributed by atoms with Gasteiger partial charge in [0.15, 0.2) is 0 Å². The molecule has 7 heteroatoms. The highest BCUT2D eigenvalue weighted by Crippen LogP contribution is 2.09. The van der Waals surface area contributed by atoms with Crippen LogP contribution in [0, 0.1) is 5.92 Å². The summed E-state index contributed by atoms with van der Waals surface area (Å²) < 4.78 is 23.5. The van der Waals surface area contributed by atoms with Crippen LogP contribution < -0.4 is 10.6 Å². The second-order valence-corrected chi connectivity index (χ2v) is 4.08. The molecule has 5 nitrogen and oxygen atoms in total. The van der Waals surface area contributed by atoms with Crippen LogP contribution in [0.4, 0.5) is 8.78 Å². The van der Waals surface area contributed by atoms with E-state index in [0.29, 0.717) is 6.54 Å². The van der Waals surface area contributed by atoms with E-state index in [9.17, 15) is 13.6 Å². The minimum absolute atomic E-state index is 0.132. The Hall–Kier alpha value is -1.63. The maximum atomic E-state index is 11.7. The summed E-state index contributed by atoms with van der Waals surface area (Å²) in [5.74, 6) is -0.389. The smallest absolute Gasteiger partial charge is 0.255 e. The van der Waals surface area contributed by atoms with E-state index in [-0.39, 0.29) is 11.8 Å². The van der Waals surface area contributed by atoms with Gasteiger partial charge in [-0.05, 0) is 25.5 Å². The third-order valence-corrected chi connectivity index (χ3v) is 2.58. The molecule has 0 aromatic carbocycles. The number of hydrogen-bond acceptors (Lipinski definition) is 4. The van der Waals surface area contributed by atoms with Gasteiger partial charge < -0.3 is 10.6 Å². The number of piperidine rings is 1. The summed E-state index contributed by atoms with van der Waals surface area (Å²) in [5.41, 5.74) is 0. The largest absolute Gasteiger partial charge is 0.350 e. The van der Waals surface area contributed by atoms with Gasteiger partial charge in [-0.1, -0.05) is 0 Å². The molecule has 1 fully saturated rings. The lowest BCUT2D eigenvalue weighted by Gasteiger charge is -2.21. The summed E-state index contributed by atoms with van der Waals surface area (Å²) in [5, 5.41) is 5.28. The summed E-state index contributed by atoms with van der Waals surface area (Å²) in [6.07, 6.45) is 4.15. The first-order valence-corrected chi connectivity index (χ1v) is 6.16. The zero-order valence-electron chi connectivity index (χ0n) is 10.6. The quantitative estimate of drug-likeness (QED) is 0.856. The first-order chi connectivity index (χ1) is 9.20. The van der Waals surface area contributed by atoms with Crippen LogP contribution >= 0.6 is 0 Å². The molecule has 1 aliphatic heterocycles. The van der Waals surface area contributed by atoms with Gasteiger partial charge in [0.1, 0.15) is 6.33 Å². The van der Waals surface area contributed by atoms with Gasteiger partial charge >= 0.3 is 0 Å². The van der Waals surface area contributed by atoms with Crippen LogP contribution in [-0.4, -0.2) is 41.9 Å². The molecule has 106 valence electrons. The zero-order valence-corrected chi connectivity index (χ0v) is 10.6. The van der Waals surface area contributed by atoms with Crippen LogP contribution in [0.3, 0.4) is 0 Å². The normalized spacial score (nSPS) is 18.4.